The van der Waals surface area contributed by atoms with Crippen LogP contribution in [0.15, 0.2) is 42.5 Å². The summed E-state index contributed by atoms with van der Waals surface area (Å²) in [6.07, 6.45) is 1.06. The number of para-hydroxylation sites is 1. The Labute approximate surface area is 113 Å². The molecule has 1 N–H and O–H groups in total. The molecule has 1 aliphatic rings. The zero-order valence-corrected chi connectivity index (χ0v) is 11.3. The standard InChI is InChI=1S/C18H17N/c1-11(2)13-8-5-9-15-16-10-12-6-3-4-7-14(12)18(16)19-17(13)15/h3-9,11,19H,10H2,1-2H3. The minimum Gasteiger partial charge on any atom is -0.354 e. The number of aromatic amines is 1. The minimum absolute atomic E-state index is 0.553. The van der Waals surface area contributed by atoms with Crippen molar-refractivity contribution in [3.63, 3.8) is 0 Å². The molecule has 0 bridgehead atoms. The van der Waals surface area contributed by atoms with E-state index in [0.717, 1.165) is 6.42 Å². The molecule has 94 valence electrons. The quantitative estimate of drug-likeness (QED) is 0.494. The molecule has 1 heteroatoms. The molecule has 0 amide bonds. The first-order valence-electron chi connectivity index (χ1n) is 6.97. The third-order valence-corrected chi connectivity index (χ3v) is 4.25. The maximum Gasteiger partial charge on any atom is 0.0503 e. The van der Waals surface area contributed by atoms with Crippen molar-refractivity contribution in [3.05, 3.63) is 59.2 Å². The van der Waals surface area contributed by atoms with Crippen LogP contribution in [-0.2, 0) is 6.42 Å². The fourth-order valence-corrected chi connectivity index (χ4v) is 3.30. The maximum atomic E-state index is 3.68. The number of aromatic nitrogens is 1. The topological polar surface area (TPSA) is 15.8 Å². The molecule has 19 heavy (non-hydrogen) atoms. The number of hydrogen-bond donors (Lipinski definition) is 1. The lowest BCUT2D eigenvalue weighted by Gasteiger charge is -2.07. The number of benzene rings is 2. The van der Waals surface area contributed by atoms with Crippen molar-refractivity contribution in [1.82, 2.24) is 4.98 Å². The Kier molecular flexibility index (Phi) is 2.14. The highest BCUT2D eigenvalue weighted by Gasteiger charge is 2.23. The van der Waals surface area contributed by atoms with Gasteiger partial charge in [0.05, 0.1) is 5.69 Å². The van der Waals surface area contributed by atoms with Gasteiger partial charge >= 0.3 is 0 Å². The largest absolute Gasteiger partial charge is 0.354 e. The van der Waals surface area contributed by atoms with Gasteiger partial charge in [-0.3, -0.25) is 0 Å². The van der Waals surface area contributed by atoms with Gasteiger partial charge in [0, 0.05) is 22.9 Å². The highest BCUT2D eigenvalue weighted by Crippen LogP contribution is 2.41. The number of rotatable bonds is 1. The second kappa shape index (κ2) is 3.74. The van der Waals surface area contributed by atoms with Crippen LogP contribution in [0.2, 0.25) is 0 Å². The van der Waals surface area contributed by atoms with E-state index in [2.05, 4.69) is 61.3 Å². The molecule has 4 rings (SSSR count). The second-order valence-corrected chi connectivity index (χ2v) is 5.74. The van der Waals surface area contributed by atoms with Crippen LogP contribution in [-0.4, -0.2) is 4.98 Å². The maximum absolute atomic E-state index is 3.68. The molecule has 1 aliphatic carbocycles. The minimum atomic E-state index is 0.553. The van der Waals surface area contributed by atoms with Gasteiger partial charge in [0.2, 0.25) is 0 Å². The van der Waals surface area contributed by atoms with Crippen molar-refractivity contribution >= 4 is 10.9 Å². The third-order valence-electron chi connectivity index (χ3n) is 4.25. The number of nitrogens with one attached hydrogen (secondary N) is 1. The Balaban J connectivity index is 2.05. The van der Waals surface area contributed by atoms with E-state index >= 15 is 0 Å². The summed E-state index contributed by atoms with van der Waals surface area (Å²) in [6, 6.07) is 15.4. The van der Waals surface area contributed by atoms with Gasteiger partial charge in [-0.2, -0.15) is 0 Å². The third kappa shape index (κ3) is 1.42. The van der Waals surface area contributed by atoms with Crippen LogP contribution in [0.1, 0.15) is 36.5 Å². The molecule has 0 radical (unpaired) electrons. The highest BCUT2D eigenvalue weighted by atomic mass is 14.7. The van der Waals surface area contributed by atoms with E-state index in [-0.39, 0.29) is 0 Å². The molecule has 1 aromatic heterocycles. The van der Waals surface area contributed by atoms with Gasteiger partial charge < -0.3 is 4.98 Å². The molecule has 0 spiro atoms. The summed E-state index contributed by atoms with van der Waals surface area (Å²) in [5.74, 6) is 0.553. The van der Waals surface area contributed by atoms with Crippen molar-refractivity contribution in [2.45, 2.75) is 26.2 Å². The summed E-state index contributed by atoms with van der Waals surface area (Å²) in [7, 11) is 0. The zero-order valence-electron chi connectivity index (χ0n) is 11.3. The lowest BCUT2D eigenvalue weighted by atomic mass is 9.99. The van der Waals surface area contributed by atoms with Gasteiger partial charge in [-0.15, -0.1) is 0 Å². The van der Waals surface area contributed by atoms with E-state index in [1.54, 1.807) is 0 Å². The molecule has 0 fully saturated rings. The Morgan fingerprint density at radius 1 is 1.00 bits per heavy atom. The van der Waals surface area contributed by atoms with E-state index in [0.29, 0.717) is 5.92 Å². The van der Waals surface area contributed by atoms with E-state index in [1.165, 1.54) is 38.9 Å². The molecule has 0 aliphatic heterocycles. The number of H-pyrrole nitrogens is 1. The summed E-state index contributed by atoms with van der Waals surface area (Å²) in [5.41, 5.74) is 8.38. The van der Waals surface area contributed by atoms with E-state index in [9.17, 15) is 0 Å². The molecule has 1 heterocycles. The van der Waals surface area contributed by atoms with Crippen LogP contribution in [0.4, 0.5) is 0 Å². The summed E-state index contributed by atoms with van der Waals surface area (Å²) >= 11 is 0. The van der Waals surface area contributed by atoms with Gasteiger partial charge in [-0.05, 0) is 22.6 Å². The molecule has 1 nitrogen and oxygen atoms in total. The van der Waals surface area contributed by atoms with Crippen LogP contribution >= 0.6 is 0 Å². The summed E-state index contributed by atoms with van der Waals surface area (Å²) in [6.45, 7) is 4.52. The van der Waals surface area contributed by atoms with Crippen LogP contribution in [0.5, 0.6) is 0 Å². The van der Waals surface area contributed by atoms with Gasteiger partial charge in [0.1, 0.15) is 0 Å². The average molecular weight is 247 g/mol. The van der Waals surface area contributed by atoms with Crippen molar-refractivity contribution < 1.29 is 0 Å². The Bertz CT molecular complexity index is 777. The fourth-order valence-electron chi connectivity index (χ4n) is 3.30. The molecule has 0 saturated heterocycles. The van der Waals surface area contributed by atoms with Gasteiger partial charge in [0.15, 0.2) is 0 Å². The van der Waals surface area contributed by atoms with Crippen LogP contribution < -0.4 is 0 Å². The van der Waals surface area contributed by atoms with Crippen LogP contribution in [0, 0.1) is 0 Å². The Hall–Kier alpha value is -2.02. The Morgan fingerprint density at radius 2 is 1.84 bits per heavy atom. The first kappa shape index (κ1) is 10.9. The lowest BCUT2D eigenvalue weighted by molar-refractivity contribution is 0.873. The monoisotopic (exact) mass is 247 g/mol. The van der Waals surface area contributed by atoms with Crippen LogP contribution in [0.25, 0.3) is 22.2 Å². The average Bonchev–Trinajstić information content (AvgIpc) is 2.94. The molecule has 2 aromatic carbocycles. The van der Waals surface area contributed by atoms with Gasteiger partial charge in [-0.25, -0.2) is 0 Å². The zero-order chi connectivity index (χ0) is 13.0. The van der Waals surface area contributed by atoms with E-state index in [4.69, 9.17) is 0 Å². The SMILES string of the molecule is CC(C)c1cccc2c3c([nH]c12)-c1ccccc1C3. The fraction of sp³-hybridized carbons (Fsp3) is 0.222. The molecule has 0 saturated carbocycles. The highest BCUT2D eigenvalue weighted by molar-refractivity contribution is 5.96. The summed E-state index contributed by atoms with van der Waals surface area (Å²) in [4.78, 5) is 3.68. The van der Waals surface area contributed by atoms with E-state index in [1.807, 2.05) is 0 Å². The predicted molar refractivity (Wildman–Crippen MR) is 80.6 cm³/mol. The predicted octanol–water partition coefficient (Wildman–Crippen LogP) is 4.86. The summed E-state index contributed by atoms with van der Waals surface area (Å²) in [5, 5.41) is 1.40. The van der Waals surface area contributed by atoms with E-state index < -0.39 is 0 Å². The smallest absolute Gasteiger partial charge is 0.0503 e. The summed E-state index contributed by atoms with van der Waals surface area (Å²) < 4.78 is 0. The Morgan fingerprint density at radius 3 is 2.68 bits per heavy atom. The molecule has 0 unspecified atom stereocenters. The molecular weight excluding hydrogens is 230 g/mol. The second-order valence-electron chi connectivity index (χ2n) is 5.74. The van der Waals surface area contributed by atoms with Crippen molar-refractivity contribution in [1.29, 1.82) is 0 Å². The lowest BCUT2D eigenvalue weighted by Crippen LogP contribution is -1.89. The van der Waals surface area contributed by atoms with Gasteiger partial charge in [0.25, 0.3) is 0 Å². The van der Waals surface area contributed by atoms with Crippen molar-refractivity contribution in [3.8, 4) is 11.3 Å². The van der Waals surface area contributed by atoms with Gasteiger partial charge in [-0.1, -0.05) is 56.3 Å². The first-order valence-corrected chi connectivity index (χ1v) is 6.97. The first-order chi connectivity index (χ1) is 9.25. The number of fused-ring (bicyclic) bond motifs is 5. The van der Waals surface area contributed by atoms with Crippen LogP contribution in [0.3, 0.4) is 0 Å². The molecule has 3 aromatic rings. The number of hydrogen-bond acceptors (Lipinski definition) is 0. The van der Waals surface area contributed by atoms with Crippen molar-refractivity contribution in [2.75, 3.05) is 0 Å². The normalized spacial score (nSPS) is 13.0. The molecular formula is C18H17N. The molecule has 0 atom stereocenters. The van der Waals surface area contributed by atoms with Crippen molar-refractivity contribution in [2.24, 2.45) is 0 Å².